The molecule has 0 fully saturated rings. The van der Waals surface area contributed by atoms with E-state index in [1.165, 1.54) is 24.1 Å². The number of rotatable bonds is 3. The highest BCUT2D eigenvalue weighted by Gasteiger charge is 2.20. The van der Waals surface area contributed by atoms with Crippen molar-refractivity contribution >= 4 is 0 Å². The summed E-state index contributed by atoms with van der Waals surface area (Å²) in [7, 11) is 1.72. The zero-order chi connectivity index (χ0) is 13.2. The van der Waals surface area contributed by atoms with Crippen LogP contribution in [0.1, 0.15) is 42.8 Å². The van der Waals surface area contributed by atoms with Crippen LogP contribution in [-0.4, -0.2) is 16.7 Å². The minimum atomic E-state index is 0.632. The second-order valence-corrected chi connectivity index (χ2v) is 5.28. The Kier molecular flexibility index (Phi) is 3.28. The Morgan fingerprint density at radius 2 is 2.21 bits per heavy atom. The van der Waals surface area contributed by atoms with Gasteiger partial charge in [0.2, 0.25) is 0 Å². The highest BCUT2D eigenvalue weighted by atomic mass is 16.5. The third kappa shape index (κ3) is 2.25. The fourth-order valence-corrected chi connectivity index (χ4v) is 2.94. The number of hydrogen-bond acceptors (Lipinski definition) is 2. The maximum Gasteiger partial charge on any atom is 0.122 e. The summed E-state index contributed by atoms with van der Waals surface area (Å²) in [6, 6.07) is 8.19. The Morgan fingerprint density at radius 3 is 3.05 bits per heavy atom. The van der Waals surface area contributed by atoms with Gasteiger partial charge in [0.15, 0.2) is 0 Å². The normalized spacial score (nSPS) is 18.1. The molecule has 0 radical (unpaired) electrons. The molecule has 1 aliphatic rings. The van der Waals surface area contributed by atoms with Crippen LogP contribution in [0.4, 0.5) is 0 Å². The van der Waals surface area contributed by atoms with Gasteiger partial charge < -0.3 is 9.30 Å². The molecule has 100 valence electrons. The van der Waals surface area contributed by atoms with Crippen molar-refractivity contribution in [1.29, 1.82) is 0 Å². The van der Waals surface area contributed by atoms with Crippen molar-refractivity contribution in [1.82, 2.24) is 9.55 Å². The number of methoxy groups -OCH3 is 1. The number of imidazole rings is 1. The highest BCUT2D eigenvalue weighted by molar-refractivity contribution is 5.35. The molecular weight excluding hydrogens is 236 g/mol. The molecule has 2 heterocycles. The van der Waals surface area contributed by atoms with Gasteiger partial charge in [0.05, 0.1) is 7.11 Å². The molecule has 1 aromatic carbocycles. The average molecular weight is 256 g/mol. The summed E-state index contributed by atoms with van der Waals surface area (Å²) in [5.41, 5.74) is 2.59. The summed E-state index contributed by atoms with van der Waals surface area (Å²) in [4.78, 5) is 4.63. The van der Waals surface area contributed by atoms with Crippen molar-refractivity contribution in [2.45, 2.75) is 38.6 Å². The van der Waals surface area contributed by atoms with E-state index in [1.807, 2.05) is 12.1 Å². The lowest BCUT2D eigenvalue weighted by atomic mass is 9.98. The van der Waals surface area contributed by atoms with Gasteiger partial charge in [-0.25, -0.2) is 4.98 Å². The monoisotopic (exact) mass is 256 g/mol. The fraction of sp³-hybridized carbons (Fsp3) is 0.438. The Balaban J connectivity index is 1.92. The van der Waals surface area contributed by atoms with E-state index in [0.717, 1.165) is 24.5 Å². The van der Waals surface area contributed by atoms with Gasteiger partial charge in [-0.3, -0.25) is 0 Å². The van der Waals surface area contributed by atoms with Crippen LogP contribution in [0.2, 0.25) is 0 Å². The first-order chi connectivity index (χ1) is 9.29. The molecule has 3 heteroatoms. The summed E-state index contributed by atoms with van der Waals surface area (Å²) in [6.45, 7) is 3.39. The molecule has 19 heavy (non-hydrogen) atoms. The summed E-state index contributed by atoms with van der Waals surface area (Å²) < 4.78 is 7.81. The van der Waals surface area contributed by atoms with Gasteiger partial charge in [-0.05, 0) is 24.8 Å². The molecule has 0 aliphatic carbocycles. The van der Waals surface area contributed by atoms with Crippen LogP contribution in [0, 0.1) is 0 Å². The number of nitrogens with zero attached hydrogens (tertiary/aromatic N) is 2. The molecule has 3 nitrogen and oxygen atoms in total. The third-order valence-electron chi connectivity index (χ3n) is 4.03. The predicted octanol–water partition coefficient (Wildman–Crippen LogP) is 3.38. The maximum atomic E-state index is 5.42. The van der Waals surface area contributed by atoms with Crippen molar-refractivity contribution in [2.75, 3.05) is 7.11 Å². The van der Waals surface area contributed by atoms with Gasteiger partial charge in [-0.15, -0.1) is 0 Å². The van der Waals surface area contributed by atoms with Gasteiger partial charge in [-0.2, -0.15) is 0 Å². The zero-order valence-corrected chi connectivity index (χ0v) is 11.6. The molecule has 0 saturated carbocycles. The fourth-order valence-electron chi connectivity index (χ4n) is 2.94. The molecule has 0 N–H and O–H groups in total. The number of benzene rings is 1. The molecule has 0 amide bonds. The zero-order valence-electron chi connectivity index (χ0n) is 11.6. The smallest absolute Gasteiger partial charge is 0.122 e. The predicted molar refractivity (Wildman–Crippen MR) is 75.7 cm³/mol. The molecular formula is C16H20N2O. The Morgan fingerprint density at radius 1 is 1.37 bits per heavy atom. The second kappa shape index (κ2) is 5.08. The summed E-state index contributed by atoms with van der Waals surface area (Å²) in [5.74, 6) is 2.74. The standard InChI is InChI=1S/C16H20N2O/c1-12-6-5-9-18-14(12)11-17-16(18)10-13-7-3-4-8-15(13)19-2/h3-4,7-8,11-12H,5-6,9-10H2,1-2H3. The van der Waals surface area contributed by atoms with E-state index in [1.54, 1.807) is 7.11 Å². The third-order valence-corrected chi connectivity index (χ3v) is 4.03. The second-order valence-electron chi connectivity index (χ2n) is 5.28. The van der Waals surface area contributed by atoms with Crippen molar-refractivity contribution in [3.8, 4) is 5.75 Å². The summed E-state index contributed by atoms with van der Waals surface area (Å²) in [5, 5.41) is 0. The largest absolute Gasteiger partial charge is 0.496 e. The Hall–Kier alpha value is -1.77. The van der Waals surface area contributed by atoms with Crippen LogP contribution in [0.15, 0.2) is 30.5 Å². The van der Waals surface area contributed by atoms with Crippen molar-refractivity contribution < 1.29 is 4.74 Å². The number of aromatic nitrogens is 2. The van der Waals surface area contributed by atoms with E-state index in [9.17, 15) is 0 Å². The topological polar surface area (TPSA) is 27.1 Å². The van der Waals surface area contributed by atoms with Gasteiger partial charge in [0, 0.05) is 30.4 Å². The van der Waals surface area contributed by atoms with Crippen molar-refractivity contribution in [3.63, 3.8) is 0 Å². The SMILES string of the molecule is COc1ccccc1Cc1ncc2n1CCCC2C. The van der Waals surface area contributed by atoms with Crippen molar-refractivity contribution in [2.24, 2.45) is 0 Å². The van der Waals surface area contributed by atoms with Crippen LogP contribution < -0.4 is 4.74 Å². The Labute approximate surface area is 114 Å². The van der Waals surface area contributed by atoms with Crippen LogP contribution in [-0.2, 0) is 13.0 Å². The van der Waals surface area contributed by atoms with Gasteiger partial charge in [0.25, 0.3) is 0 Å². The first kappa shape index (κ1) is 12.3. The molecule has 0 saturated heterocycles. The van der Waals surface area contributed by atoms with Crippen LogP contribution in [0.25, 0.3) is 0 Å². The van der Waals surface area contributed by atoms with E-state index in [-0.39, 0.29) is 0 Å². The van der Waals surface area contributed by atoms with Crippen LogP contribution >= 0.6 is 0 Å². The van der Waals surface area contributed by atoms with E-state index in [4.69, 9.17) is 4.74 Å². The molecule has 1 atom stereocenters. The lowest BCUT2D eigenvalue weighted by Gasteiger charge is -2.22. The number of fused-ring (bicyclic) bond motifs is 1. The van der Waals surface area contributed by atoms with Crippen molar-refractivity contribution in [3.05, 3.63) is 47.5 Å². The number of ether oxygens (including phenoxy) is 1. The Bertz CT molecular complexity index is 574. The lowest BCUT2D eigenvalue weighted by molar-refractivity contribution is 0.409. The van der Waals surface area contributed by atoms with E-state index in [2.05, 4.69) is 34.8 Å². The highest BCUT2D eigenvalue weighted by Crippen LogP contribution is 2.29. The molecule has 1 aliphatic heterocycles. The van der Waals surface area contributed by atoms with Gasteiger partial charge in [-0.1, -0.05) is 25.1 Å². The quantitative estimate of drug-likeness (QED) is 0.841. The number of para-hydroxylation sites is 1. The first-order valence-corrected chi connectivity index (χ1v) is 6.96. The van der Waals surface area contributed by atoms with Crippen LogP contribution in [0.3, 0.4) is 0 Å². The lowest BCUT2D eigenvalue weighted by Crippen LogP contribution is -2.15. The maximum absolute atomic E-state index is 5.42. The van der Waals surface area contributed by atoms with E-state index >= 15 is 0 Å². The van der Waals surface area contributed by atoms with E-state index < -0.39 is 0 Å². The minimum Gasteiger partial charge on any atom is -0.496 e. The number of hydrogen-bond donors (Lipinski definition) is 0. The first-order valence-electron chi connectivity index (χ1n) is 6.96. The molecule has 2 aromatic rings. The molecule has 1 unspecified atom stereocenters. The van der Waals surface area contributed by atoms with Gasteiger partial charge >= 0.3 is 0 Å². The molecule has 1 aromatic heterocycles. The summed E-state index contributed by atoms with van der Waals surface area (Å²) in [6.07, 6.45) is 5.43. The minimum absolute atomic E-state index is 0.632. The van der Waals surface area contributed by atoms with Gasteiger partial charge in [0.1, 0.15) is 11.6 Å². The molecule has 0 spiro atoms. The van der Waals surface area contributed by atoms with E-state index in [0.29, 0.717) is 5.92 Å². The molecule has 0 bridgehead atoms. The summed E-state index contributed by atoms with van der Waals surface area (Å²) >= 11 is 0. The average Bonchev–Trinajstić information content (AvgIpc) is 2.84. The van der Waals surface area contributed by atoms with Crippen LogP contribution in [0.5, 0.6) is 5.75 Å². The molecule has 3 rings (SSSR count).